The smallest absolute Gasteiger partial charge is 0.339 e. The lowest BCUT2D eigenvalue weighted by atomic mass is 10.1. The second-order valence-electron chi connectivity index (χ2n) is 5.34. The summed E-state index contributed by atoms with van der Waals surface area (Å²) in [6, 6.07) is 14.7. The van der Waals surface area contributed by atoms with Crippen molar-refractivity contribution in [2.45, 2.75) is 19.8 Å². The summed E-state index contributed by atoms with van der Waals surface area (Å²) in [7, 11) is 1.31. The number of ether oxygens (including phenoxy) is 1. The van der Waals surface area contributed by atoms with E-state index in [1.807, 2.05) is 0 Å². The average Bonchev–Trinajstić information content (AvgIpc) is 2.62. The Morgan fingerprint density at radius 1 is 1.00 bits per heavy atom. The summed E-state index contributed by atoms with van der Waals surface area (Å²) < 4.78 is 4.71. The van der Waals surface area contributed by atoms with Crippen molar-refractivity contribution in [1.82, 2.24) is 5.32 Å². The third-order valence-electron chi connectivity index (χ3n) is 3.71. The summed E-state index contributed by atoms with van der Waals surface area (Å²) in [5.74, 6) is -0.484. The van der Waals surface area contributed by atoms with Gasteiger partial charge in [-0.3, -0.25) is 0 Å². The van der Waals surface area contributed by atoms with Crippen molar-refractivity contribution in [1.29, 1.82) is 0 Å². The van der Waals surface area contributed by atoms with Crippen LogP contribution in [0.25, 0.3) is 0 Å². The van der Waals surface area contributed by atoms with E-state index >= 15 is 0 Å². The molecule has 5 nitrogen and oxygen atoms in total. The molecule has 0 aliphatic rings. The summed E-state index contributed by atoms with van der Waals surface area (Å²) in [5, 5.41) is 5.47. The summed E-state index contributed by atoms with van der Waals surface area (Å²) in [5.41, 5.74) is 3.21. The highest BCUT2D eigenvalue weighted by atomic mass is 16.5. The number of hydrogen-bond acceptors (Lipinski definition) is 3. The van der Waals surface area contributed by atoms with Crippen LogP contribution >= 0.6 is 0 Å². The molecule has 0 saturated carbocycles. The molecular formula is C19H22N2O3. The molecule has 5 heteroatoms. The minimum atomic E-state index is -0.484. The number of anilines is 1. The molecular weight excluding hydrogens is 304 g/mol. The quantitative estimate of drug-likeness (QED) is 0.800. The Balaban J connectivity index is 1.86. The fourth-order valence-corrected chi connectivity index (χ4v) is 2.31. The molecule has 126 valence electrons. The predicted molar refractivity (Wildman–Crippen MR) is 94.3 cm³/mol. The van der Waals surface area contributed by atoms with Crippen LogP contribution in [0, 0.1) is 0 Å². The second-order valence-corrected chi connectivity index (χ2v) is 5.34. The topological polar surface area (TPSA) is 67.4 Å². The zero-order valence-electron chi connectivity index (χ0n) is 14.0. The molecule has 0 aliphatic heterocycles. The maximum Gasteiger partial charge on any atom is 0.339 e. The average molecular weight is 326 g/mol. The number of hydrogen-bond donors (Lipinski definition) is 2. The fourth-order valence-electron chi connectivity index (χ4n) is 2.31. The molecule has 2 aromatic rings. The highest BCUT2D eigenvalue weighted by molar-refractivity contribution is 6.00. The molecule has 0 radical (unpaired) electrons. The van der Waals surface area contributed by atoms with Crippen LogP contribution in [0.1, 0.15) is 28.4 Å². The largest absolute Gasteiger partial charge is 0.465 e. The van der Waals surface area contributed by atoms with Gasteiger partial charge in [0.25, 0.3) is 0 Å². The van der Waals surface area contributed by atoms with Crippen molar-refractivity contribution < 1.29 is 14.3 Å². The van der Waals surface area contributed by atoms with Crippen molar-refractivity contribution in [3.05, 3.63) is 65.2 Å². The first-order chi connectivity index (χ1) is 11.6. The van der Waals surface area contributed by atoms with Crippen molar-refractivity contribution >= 4 is 17.7 Å². The van der Waals surface area contributed by atoms with Crippen LogP contribution < -0.4 is 10.6 Å². The highest BCUT2D eigenvalue weighted by Gasteiger charge is 2.12. The minimum absolute atomic E-state index is 0.324. The molecule has 2 rings (SSSR count). The molecule has 2 N–H and O–H groups in total. The zero-order valence-corrected chi connectivity index (χ0v) is 14.0. The summed E-state index contributed by atoms with van der Waals surface area (Å²) >= 11 is 0. The molecule has 0 spiro atoms. The van der Waals surface area contributed by atoms with Gasteiger partial charge in [-0.05, 0) is 36.1 Å². The van der Waals surface area contributed by atoms with Crippen molar-refractivity contribution in [2.24, 2.45) is 0 Å². The standard InChI is InChI=1S/C19H22N2O3/c1-3-14-8-10-15(11-9-14)12-13-20-19(23)21-17-7-5-4-6-16(17)18(22)24-2/h4-11H,3,12-13H2,1-2H3,(H2,20,21,23). The predicted octanol–water partition coefficient (Wildman–Crippen LogP) is 3.40. The lowest BCUT2D eigenvalue weighted by molar-refractivity contribution is 0.0602. The third kappa shape index (κ3) is 4.84. The first-order valence-corrected chi connectivity index (χ1v) is 7.94. The van der Waals surface area contributed by atoms with Gasteiger partial charge in [-0.2, -0.15) is 0 Å². The normalized spacial score (nSPS) is 10.1. The van der Waals surface area contributed by atoms with Gasteiger partial charge < -0.3 is 15.4 Å². The summed E-state index contributed by atoms with van der Waals surface area (Å²) in [6.07, 6.45) is 1.76. The Labute approximate surface area is 142 Å². The number of esters is 1. The van der Waals surface area contributed by atoms with Gasteiger partial charge in [-0.25, -0.2) is 9.59 Å². The molecule has 0 heterocycles. The van der Waals surface area contributed by atoms with E-state index in [0.717, 1.165) is 12.8 Å². The van der Waals surface area contributed by atoms with E-state index in [1.54, 1.807) is 24.3 Å². The molecule has 0 aromatic heterocycles. The molecule has 2 aromatic carbocycles. The van der Waals surface area contributed by atoms with Gasteiger partial charge >= 0.3 is 12.0 Å². The molecule has 0 aliphatic carbocycles. The van der Waals surface area contributed by atoms with E-state index < -0.39 is 5.97 Å². The van der Waals surface area contributed by atoms with Crippen molar-refractivity contribution in [3.63, 3.8) is 0 Å². The lowest BCUT2D eigenvalue weighted by Crippen LogP contribution is -2.31. The van der Waals surface area contributed by atoms with Crippen LogP contribution in [0.5, 0.6) is 0 Å². The number of rotatable bonds is 6. The Hall–Kier alpha value is -2.82. The maximum atomic E-state index is 12.0. The number of nitrogens with one attached hydrogen (secondary N) is 2. The van der Waals surface area contributed by atoms with Crippen molar-refractivity contribution in [2.75, 3.05) is 19.0 Å². The Kier molecular flexibility index (Phi) is 6.37. The van der Waals surface area contributed by atoms with Gasteiger partial charge in [0, 0.05) is 6.54 Å². The zero-order chi connectivity index (χ0) is 17.4. The number of carbonyl (C=O) groups is 2. The molecule has 0 unspecified atom stereocenters. The monoisotopic (exact) mass is 326 g/mol. The summed E-state index contributed by atoms with van der Waals surface area (Å²) in [4.78, 5) is 23.7. The first-order valence-electron chi connectivity index (χ1n) is 7.94. The van der Waals surface area contributed by atoms with E-state index in [4.69, 9.17) is 4.74 Å². The van der Waals surface area contributed by atoms with E-state index in [2.05, 4.69) is 41.8 Å². The number of carbonyl (C=O) groups excluding carboxylic acids is 2. The van der Waals surface area contributed by atoms with E-state index in [9.17, 15) is 9.59 Å². The van der Waals surface area contributed by atoms with Gasteiger partial charge in [-0.15, -0.1) is 0 Å². The molecule has 0 saturated heterocycles. The van der Waals surface area contributed by atoms with E-state index in [-0.39, 0.29) is 6.03 Å². The van der Waals surface area contributed by atoms with Gasteiger partial charge in [-0.1, -0.05) is 43.3 Å². The number of benzene rings is 2. The fraction of sp³-hybridized carbons (Fsp3) is 0.263. The van der Waals surface area contributed by atoms with E-state index in [0.29, 0.717) is 17.8 Å². The number of amides is 2. The van der Waals surface area contributed by atoms with Crippen LogP contribution in [0.3, 0.4) is 0 Å². The first kappa shape index (κ1) is 17.5. The van der Waals surface area contributed by atoms with Crippen LogP contribution in [0.4, 0.5) is 10.5 Å². The SMILES string of the molecule is CCc1ccc(CCNC(=O)Nc2ccccc2C(=O)OC)cc1. The van der Waals surface area contributed by atoms with Gasteiger partial charge in [0.15, 0.2) is 0 Å². The number of methoxy groups -OCH3 is 1. The van der Waals surface area contributed by atoms with Gasteiger partial charge in [0.2, 0.25) is 0 Å². The molecule has 24 heavy (non-hydrogen) atoms. The summed E-state index contributed by atoms with van der Waals surface area (Å²) in [6.45, 7) is 2.63. The second kappa shape index (κ2) is 8.72. The minimum Gasteiger partial charge on any atom is -0.465 e. The highest BCUT2D eigenvalue weighted by Crippen LogP contribution is 2.15. The Morgan fingerprint density at radius 3 is 2.33 bits per heavy atom. The number of urea groups is 1. The lowest BCUT2D eigenvalue weighted by Gasteiger charge is -2.11. The third-order valence-corrected chi connectivity index (χ3v) is 3.71. The van der Waals surface area contributed by atoms with Crippen LogP contribution in [-0.2, 0) is 17.6 Å². The molecule has 0 fully saturated rings. The van der Waals surface area contributed by atoms with E-state index in [1.165, 1.54) is 18.2 Å². The van der Waals surface area contributed by atoms with Crippen LogP contribution in [0.15, 0.2) is 48.5 Å². The van der Waals surface area contributed by atoms with Gasteiger partial charge in [0.05, 0.1) is 18.4 Å². The van der Waals surface area contributed by atoms with Crippen LogP contribution in [0.2, 0.25) is 0 Å². The Bertz CT molecular complexity index is 696. The molecule has 2 amide bonds. The Morgan fingerprint density at radius 2 is 1.67 bits per heavy atom. The van der Waals surface area contributed by atoms with Crippen molar-refractivity contribution in [3.8, 4) is 0 Å². The molecule has 0 atom stereocenters. The van der Waals surface area contributed by atoms with Crippen LogP contribution in [-0.4, -0.2) is 25.7 Å². The number of aryl methyl sites for hydroxylation is 1. The molecule has 0 bridgehead atoms. The van der Waals surface area contributed by atoms with Gasteiger partial charge in [0.1, 0.15) is 0 Å². The number of para-hydroxylation sites is 1. The maximum absolute atomic E-state index is 12.0.